The third-order valence-electron chi connectivity index (χ3n) is 3.59. The molecule has 2 N–H and O–H groups in total. The van der Waals surface area contributed by atoms with Crippen LogP contribution >= 0.6 is 46.8 Å². The number of rotatable bonds is 6. The topological polar surface area (TPSA) is 35.5 Å². The number of nitrogens with one attached hydrogen (secondary N) is 1. The zero-order chi connectivity index (χ0) is 14.4. The van der Waals surface area contributed by atoms with Crippen molar-refractivity contribution in [3.63, 3.8) is 0 Å². The lowest BCUT2D eigenvalue weighted by molar-refractivity contribution is 0.296. The second-order valence-electron chi connectivity index (χ2n) is 5.21. The molecule has 6 heteroatoms. The molecule has 1 saturated heterocycles. The normalized spacial score (nSPS) is 15.7. The van der Waals surface area contributed by atoms with E-state index in [-0.39, 0.29) is 12.4 Å². The van der Waals surface area contributed by atoms with Crippen molar-refractivity contribution in [3.8, 4) is 5.75 Å². The average molecular weight is 443 g/mol. The molecule has 1 aromatic carbocycles. The Morgan fingerprint density at radius 2 is 2.05 bits per heavy atom. The van der Waals surface area contributed by atoms with E-state index < -0.39 is 0 Å². The smallest absolute Gasteiger partial charge is 0.123 e. The van der Waals surface area contributed by atoms with Gasteiger partial charge in [-0.2, -0.15) is 11.8 Å². The van der Waals surface area contributed by atoms with Gasteiger partial charge in [0, 0.05) is 40.3 Å². The van der Waals surface area contributed by atoms with Crippen LogP contribution in [0.4, 0.5) is 0 Å². The van der Waals surface area contributed by atoms with Crippen LogP contribution in [-0.2, 0) is 6.54 Å². The molecule has 2 rings (SSSR count). The van der Waals surface area contributed by atoms with Gasteiger partial charge in [-0.05, 0) is 66.7 Å². The molecular formula is C15H24ClIN2OS. The van der Waals surface area contributed by atoms with Gasteiger partial charge in [0.25, 0.3) is 0 Å². The molecule has 0 aromatic heterocycles. The third kappa shape index (κ3) is 6.52. The number of aromatic hydroxyl groups is 1. The summed E-state index contributed by atoms with van der Waals surface area (Å²) < 4.78 is 1.18. The van der Waals surface area contributed by atoms with Gasteiger partial charge in [0.05, 0.1) is 0 Å². The molecule has 0 atom stereocenters. The van der Waals surface area contributed by atoms with Gasteiger partial charge in [0.2, 0.25) is 0 Å². The zero-order valence-electron chi connectivity index (χ0n) is 12.4. The van der Waals surface area contributed by atoms with E-state index in [2.05, 4.69) is 50.6 Å². The van der Waals surface area contributed by atoms with Gasteiger partial charge in [-0.25, -0.2) is 0 Å². The lowest BCUT2D eigenvalue weighted by atomic mass is 10.1. The van der Waals surface area contributed by atoms with Crippen LogP contribution in [0.5, 0.6) is 5.75 Å². The van der Waals surface area contributed by atoms with Crippen molar-refractivity contribution < 1.29 is 5.11 Å². The summed E-state index contributed by atoms with van der Waals surface area (Å²) in [6, 6.07) is 4.06. The van der Waals surface area contributed by atoms with Gasteiger partial charge in [0.1, 0.15) is 5.75 Å². The second kappa shape index (κ2) is 10.2. The first-order chi connectivity index (χ1) is 9.66. The van der Waals surface area contributed by atoms with Crippen molar-refractivity contribution in [1.82, 2.24) is 10.2 Å². The molecule has 0 bridgehead atoms. The molecule has 0 radical (unpaired) electrons. The number of phenolic OH excluding ortho intramolecular Hbond substituents is 1. The summed E-state index contributed by atoms with van der Waals surface area (Å²) in [5, 5.41) is 13.5. The maximum Gasteiger partial charge on any atom is 0.123 e. The molecule has 1 fully saturated rings. The van der Waals surface area contributed by atoms with Crippen LogP contribution in [0.25, 0.3) is 0 Å². The van der Waals surface area contributed by atoms with Crippen molar-refractivity contribution in [3.05, 3.63) is 26.8 Å². The SMILES string of the molecule is Cc1cc(I)cc(CNCCCN2CCSCC2)c1O.Cl. The lowest BCUT2D eigenvalue weighted by Crippen LogP contribution is -2.34. The first-order valence-electron chi connectivity index (χ1n) is 7.15. The number of nitrogens with zero attached hydrogens (tertiary/aromatic N) is 1. The van der Waals surface area contributed by atoms with Crippen LogP contribution in [-0.4, -0.2) is 47.7 Å². The van der Waals surface area contributed by atoms with Gasteiger partial charge in [-0.3, -0.25) is 0 Å². The number of hydrogen-bond donors (Lipinski definition) is 2. The largest absolute Gasteiger partial charge is 0.507 e. The molecule has 1 heterocycles. The van der Waals surface area contributed by atoms with E-state index in [1.165, 1.54) is 41.1 Å². The Bertz CT molecular complexity index is 442. The fourth-order valence-electron chi connectivity index (χ4n) is 2.42. The fourth-order valence-corrected chi connectivity index (χ4v) is 4.24. The van der Waals surface area contributed by atoms with Crippen LogP contribution in [0.15, 0.2) is 12.1 Å². The van der Waals surface area contributed by atoms with Crippen LogP contribution in [0.2, 0.25) is 0 Å². The van der Waals surface area contributed by atoms with E-state index in [9.17, 15) is 5.11 Å². The first-order valence-corrected chi connectivity index (χ1v) is 9.39. The standard InChI is InChI=1S/C15H23IN2OS.ClH/c1-12-9-14(16)10-13(15(12)19)11-17-3-2-4-18-5-7-20-8-6-18;/h9-10,17,19H,2-8,11H2,1H3;1H. The molecule has 21 heavy (non-hydrogen) atoms. The van der Waals surface area contributed by atoms with E-state index in [1.807, 2.05) is 13.0 Å². The first kappa shape index (κ1) is 19.4. The number of thioether (sulfide) groups is 1. The minimum absolute atomic E-state index is 0. The van der Waals surface area contributed by atoms with Crippen LogP contribution in [0.3, 0.4) is 0 Å². The minimum Gasteiger partial charge on any atom is -0.507 e. The Balaban J connectivity index is 0.00000220. The summed E-state index contributed by atoms with van der Waals surface area (Å²) in [5.74, 6) is 3.00. The number of phenols is 1. The van der Waals surface area contributed by atoms with Gasteiger partial charge >= 0.3 is 0 Å². The quantitative estimate of drug-likeness (QED) is 0.524. The van der Waals surface area contributed by atoms with Crippen molar-refractivity contribution in [2.75, 3.05) is 37.7 Å². The van der Waals surface area contributed by atoms with E-state index in [1.54, 1.807) is 0 Å². The number of hydrogen-bond acceptors (Lipinski definition) is 4. The highest BCUT2D eigenvalue weighted by atomic mass is 127. The van der Waals surface area contributed by atoms with E-state index in [0.717, 1.165) is 24.2 Å². The van der Waals surface area contributed by atoms with Crippen LogP contribution in [0.1, 0.15) is 17.5 Å². The molecule has 1 aliphatic heterocycles. The van der Waals surface area contributed by atoms with E-state index in [4.69, 9.17) is 0 Å². The monoisotopic (exact) mass is 442 g/mol. The zero-order valence-corrected chi connectivity index (χ0v) is 16.2. The van der Waals surface area contributed by atoms with Crippen LogP contribution in [0, 0.1) is 10.5 Å². The molecule has 0 unspecified atom stereocenters. The lowest BCUT2D eigenvalue weighted by Gasteiger charge is -2.26. The van der Waals surface area contributed by atoms with Gasteiger partial charge < -0.3 is 15.3 Å². The summed E-state index contributed by atoms with van der Waals surface area (Å²) in [6.07, 6.45) is 1.17. The summed E-state index contributed by atoms with van der Waals surface area (Å²) >= 11 is 4.36. The van der Waals surface area contributed by atoms with Gasteiger partial charge in [-0.1, -0.05) is 0 Å². The van der Waals surface area contributed by atoms with E-state index in [0.29, 0.717) is 5.75 Å². The van der Waals surface area contributed by atoms with Crippen molar-refractivity contribution in [2.45, 2.75) is 19.9 Å². The summed E-state index contributed by atoms with van der Waals surface area (Å²) in [4.78, 5) is 2.55. The van der Waals surface area contributed by atoms with Crippen molar-refractivity contribution >= 4 is 46.8 Å². The predicted molar refractivity (Wildman–Crippen MR) is 103 cm³/mol. The Hall–Kier alpha value is 0.310. The molecule has 0 aliphatic carbocycles. The Labute approximate surface area is 151 Å². The van der Waals surface area contributed by atoms with Gasteiger partial charge in [0.15, 0.2) is 0 Å². The van der Waals surface area contributed by atoms with Crippen molar-refractivity contribution in [2.24, 2.45) is 0 Å². The number of aryl methyl sites for hydroxylation is 1. The molecule has 0 amide bonds. The van der Waals surface area contributed by atoms with Crippen molar-refractivity contribution in [1.29, 1.82) is 0 Å². The maximum absolute atomic E-state index is 10.0. The van der Waals surface area contributed by atoms with Crippen LogP contribution < -0.4 is 5.32 Å². The molecular weight excluding hydrogens is 419 g/mol. The predicted octanol–water partition coefficient (Wildman–Crippen LogP) is 3.26. The molecule has 120 valence electrons. The second-order valence-corrected chi connectivity index (χ2v) is 7.69. The Morgan fingerprint density at radius 1 is 1.33 bits per heavy atom. The number of halogens is 2. The molecule has 3 nitrogen and oxygen atoms in total. The highest BCUT2D eigenvalue weighted by Gasteiger charge is 2.09. The highest BCUT2D eigenvalue weighted by molar-refractivity contribution is 14.1. The average Bonchev–Trinajstić information content (AvgIpc) is 2.44. The third-order valence-corrected chi connectivity index (χ3v) is 5.16. The summed E-state index contributed by atoms with van der Waals surface area (Å²) in [7, 11) is 0. The fraction of sp³-hybridized carbons (Fsp3) is 0.600. The maximum atomic E-state index is 10.0. The minimum atomic E-state index is 0. The molecule has 0 spiro atoms. The highest BCUT2D eigenvalue weighted by Crippen LogP contribution is 2.24. The summed E-state index contributed by atoms with van der Waals surface area (Å²) in [5.41, 5.74) is 1.96. The molecule has 0 saturated carbocycles. The Kier molecular flexibility index (Phi) is 9.36. The Morgan fingerprint density at radius 3 is 2.76 bits per heavy atom. The summed E-state index contributed by atoms with van der Waals surface area (Å²) in [6.45, 7) is 7.37. The van der Waals surface area contributed by atoms with E-state index >= 15 is 0 Å². The molecule has 1 aliphatic rings. The molecule has 1 aromatic rings. The number of benzene rings is 1. The van der Waals surface area contributed by atoms with Gasteiger partial charge in [-0.15, -0.1) is 12.4 Å².